The Morgan fingerprint density at radius 3 is 0.550 bits per heavy atom. The smallest absolute Gasteiger partial charge is 0 e. The fraction of sp³-hybridized carbons (Fsp3) is 0.833. The zero-order valence-electron chi connectivity index (χ0n) is 15.5. The van der Waals surface area contributed by atoms with E-state index in [0.717, 1.165) is 19.3 Å². The van der Waals surface area contributed by atoms with Crippen molar-refractivity contribution in [1.29, 1.82) is 0 Å². The minimum Gasteiger partial charge on any atom is -0.338 e. The fourth-order valence-electron chi connectivity index (χ4n) is 0. The van der Waals surface area contributed by atoms with E-state index in [-0.39, 0.29) is 28.6 Å². The summed E-state index contributed by atoms with van der Waals surface area (Å²) in [6.07, 6.45) is 3.48. The van der Waals surface area contributed by atoms with Gasteiger partial charge in [-0.05, 0) is 0 Å². The van der Waals surface area contributed by atoms with Crippen LogP contribution >= 0.6 is 0 Å². The molecule has 0 atom stereocenters. The van der Waals surface area contributed by atoms with Crippen LogP contribution in [0.25, 0.3) is 0 Å². The second-order valence-corrected chi connectivity index (χ2v) is 7.55. The quantitative estimate of drug-likeness (QED) is 0.281. The molecule has 0 fully saturated rings. The van der Waals surface area contributed by atoms with Gasteiger partial charge in [0.2, 0.25) is 0 Å². The molecule has 0 unspecified atom stereocenters. The van der Waals surface area contributed by atoms with Crippen LogP contribution in [0.2, 0.25) is 0 Å². The maximum absolute atomic E-state index is 3.89. The zero-order valence-corrected chi connectivity index (χ0v) is 21.8. The molecule has 0 spiro atoms. The van der Waals surface area contributed by atoms with Gasteiger partial charge in [0.05, 0.1) is 0 Å². The van der Waals surface area contributed by atoms with Gasteiger partial charge in [-0.2, -0.15) is 16.2 Å². The maximum atomic E-state index is 3.89. The third kappa shape index (κ3) is 62.1. The first-order valence-electron chi connectivity index (χ1n) is 7.24. The van der Waals surface area contributed by atoms with Crippen molar-refractivity contribution in [3.05, 3.63) is 20.8 Å². The Morgan fingerprint density at radius 1 is 0.500 bits per heavy atom. The Labute approximate surface area is 147 Å². The molecule has 0 bridgehead atoms. The average Bonchev–Trinajstić information content (AvgIpc) is 2.16. The molecule has 20 heavy (non-hydrogen) atoms. The van der Waals surface area contributed by atoms with E-state index in [1.165, 1.54) is 0 Å². The maximum Gasteiger partial charge on any atom is 0 e. The largest absolute Gasteiger partial charge is 0.338 e. The van der Waals surface area contributed by atoms with E-state index in [9.17, 15) is 0 Å². The molecule has 0 aromatic heterocycles. The van der Waals surface area contributed by atoms with Crippen molar-refractivity contribution in [2.24, 2.45) is 16.2 Å². The molecule has 0 rings (SSSR count). The van der Waals surface area contributed by atoms with Gasteiger partial charge in [-0.25, -0.2) is 0 Å². The van der Waals surface area contributed by atoms with Gasteiger partial charge in [-0.15, -0.1) is 0 Å². The van der Waals surface area contributed by atoms with Crippen molar-refractivity contribution in [3.8, 4) is 0 Å². The van der Waals surface area contributed by atoms with Crippen LogP contribution in [0, 0.1) is 65.6 Å². The van der Waals surface area contributed by atoms with Gasteiger partial charge in [-0.1, -0.05) is 81.6 Å². The molecule has 2 heteroatoms. The van der Waals surface area contributed by atoms with E-state index < -0.39 is 0 Å². The minimum atomic E-state index is 0. The van der Waals surface area contributed by atoms with Crippen LogP contribution in [0.15, 0.2) is 0 Å². The van der Waals surface area contributed by atoms with E-state index in [2.05, 4.69) is 83.1 Å². The molecule has 2 radical (unpaired) electrons. The Hall–Kier alpha value is 0.779. The van der Waals surface area contributed by atoms with Gasteiger partial charge >= 0.3 is 0 Å². The van der Waals surface area contributed by atoms with Crippen LogP contribution < -0.4 is 0 Å². The molecule has 0 saturated heterocycles. The van der Waals surface area contributed by atoms with Gasteiger partial charge in [-0.3, -0.25) is 0 Å². The van der Waals surface area contributed by atoms with Crippen molar-refractivity contribution < 1.29 is 28.6 Å². The van der Waals surface area contributed by atoms with Crippen LogP contribution in [0.1, 0.15) is 81.6 Å². The molecule has 128 valence electrons. The summed E-state index contributed by atoms with van der Waals surface area (Å²) in [5.41, 5.74) is 0.875. The van der Waals surface area contributed by atoms with Crippen LogP contribution in [0.5, 0.6) is 0 Å². The fourth-order valence-corrected chi connectivity index (χ4v) is 0. The molecular weight excluding hydrogens is 702 g/mol. The Kier molecular flexibility index (Phi) is 24.0. The summed E-state index contributed by atoms with van der Waals surface area (Å²) in [6.45, 7) is 30.9. The summed E-state index contributed by atoms with van der Waals surface area (Å²) in [5, 5.41) is 0. The van der Waals surface area contributed by atoms with E-state index in [1.807, 2.05) is 0 Å². The summed E-state index contributed by atoms with van der Waals surface area (Å²) in [7, 11) is 0. The van der Waals surface area contributed by atoms with Gasteiger partial charge in [0, 0.05) is 28.6 Å². The molecule has 0 nitrogen and oxygen atoms in total. The first-order valence-corrected chi connectivity index (χ1v) is 7.24. The Bertz CT molecular complexity index is 132. The van der Waals surface area contributed by atoms with Crippen LogP contribution in [0.3, 0.4) is 0 Å². The van der Waals surface area contributed by atoms with Crippen LogP contribution in [-0.2, 0) is 0 Å². The summed E-state index contributed by atoms with van der Waals surface area (Å²) >= 11 is 0. The van der Waals surface area contributed by atoms with E-state index in [0.29, 0.717) is 16.2 Å². The number of hydrogen-bond acceptors (Lipinski definition) is 0. The summed E-state index contributed by atoms with van der Waals surface area (Å²) in [4.78, 5) is 0. The molecule has 0 heterocycles. The van der Waals surface area contributed by atoms with Gasteiger partial charge in [0.15, 0.2) is 0 Å². The van der Waals surface area contributed by atoms with E-state index in [4.69, 9.17) is 0 Å². The minimum absolute atomic E-state index is 0. The van der Waals surface area contributed by atoms with Crippen LogP contribution in [-0.4, -0.2) is 0 Å². The third-order valence-corrected chi connectivity index (χ3v) is 2.87. The molecule has 0 aliphatic heterocycles. The first-order chi connectivity index (χ1) is 7.68. The Balaban J connectivity index is -0.0000000536. The van der Waals surface area contributed by atoms with Crippen molar-refractivity contribution in [3.63, 3.8) is 0 Å². The standard InChI is InChI=1S/3C6H13.2Am/c3*1-5-6(2,3)4;;/h3*2,5H2,1,3-4H3;;/q3*-1;;. The monoisotopic (exact) mass is 737 g/mol. The molecule has 0 aromatic carbocycles. The zero-order chi connectivity index (χ0) is 15.6. The topological polar surface area (TPSA) is 0 Å². The Morgan fingerprint density at radius 2 is 0.550 bits per heavy atom. The molecule has 0 amide bonds. The summed E-state index contributed by atoms with van der Waals surface area (Å²) in [5.74, 6) is 0. The molecule has 0 aliphatic rings. The summed E-state index contributed by atoms with van der Waals surface area (Å²) in [6, 6.07) is 0. The number of rotatable bonds is 3. The van der Waals surface area contributed by atoms with Crippen molar-refractivity contribution in [1.82, 2.24) is 0 Å². The molecule has 0 N–H and O–H groups in total. The molecule has 0 aromatic rings. The predicted molar refractivity (Wildman–Crippen MR) is 88.3 cm³/mol. The van der Waals surface area contributed by atoms with Crippen molar-refractivity contribution in [2.75, 3.05) is 0 Å². The molecular formula is C18H39Am2-3. The molecule has 0 aliphatic carbocycles. The van der Waals surface area contributed by atoms with Crippen molar-refractivity contribution >= 4 is 0 Å². The second kappa shape index (κ2) is 14.7. The summed E-state index contributed by atoms with van der Waals surface area (Å²) < 4.78 is 0. The average molecular weight is 742 g/mol. The third-order valence-electron chi connectivity index (χ3n) is 2.87. The SMILES string of the molecule is [Am].[Am].[CH2-]C(C)(C)CC.[CH2-]C(C)(C)CC.[CH2-]C(C)(C)CC. The second-order valence-electron chi connectivity index (χ2n) is 7.55. The number of hydrogen-bond donors (Lipinski definition) is 0. The van der Waals surface area contributed by atoms with Crippen molar-refractivity contribution in [2.45, 2.75) is 81.6 Å². The van der Waals surface area contributed by atoms with Crippen LogP contribution in [0.4, 0.5) is 0 Å². The van der Waals surface area contributed by atoms with E-state index in [1.54, 1.807) is 0 Å². The van der Waals surface area contributed by atoms with Gasteiger partial charge < -0.3 is 20.8 Å². The first kappa shape index (κ1) is 32.6. The predicted octanol–water partition coefficient (Wildman–Crippen LogP) is 6.77. The molecule has 0 saturated carbocycles. The normalized spacial score (nSPS) is 10.8. The van der Waals surface area contributed by atoms with Gasteiger partial charge in [0.1, 0.15) is 0 Å². The van der Waals surface area contributed by atoms with Gasteiger partial charge in [0.25, 0.3) is 0 Å². The van der Waals surface area contributed by atoms with E-state index >= 15 is 0 Å².